The number of unbranched alkanes of at least 4 members (excludes halogenated alkanes) is 2. The summed E-state index contributed by atoms with van der Waals surface area (Å²) < 4.78 is 33.0. The molecular formula is C29H38O9S. The second-order valence-corrected chi connectivity index (χ2v) is 10.2. The molecule has 1 N–H and O–H groups in total. The van der Waals surface area contributed by atoms with Gasteiger partial charge in [0.2, 0.25) is 6.10 Å². The Hall–Kier alpha value is -3.08. The van der Waals surface area contributed by atoms with Crippen molar-refractivity contribution in [2.24, 2.45) is 0 Å². The van der Waals surface area contributed by atoms with E-state index in [-0.39, 0.29) is 26.4 Å². The Kier molecular flexibility index (Phi) is 13.3. The van der Waals surface area contributed by atoms with E-state index in [9.17, 15) is 23.7 Å². The van der Waals surface area contributed by atoms with Gasteiger partial charge in [0, 0.05) is 16.4 Å². The van der Waals surface area contributed by atoms with Gasteiger partial charge in [-0.05, 0) is 82.3 Å². The second-order valence-electron chi connectivity index (χ2n) is 8.75. The average molecular weight is 563 g/mol. The van der Waals surface area contributed by atoms with E-state index in [2.05, 4.69) is 0 Å². The number of benzene rings is 2. The molecular weight excluding hydrogens is 524 g/mol. The molecule has 39 heavy (non-hydrogen) atoms. The van der Waals surface area contributed by atoms with Crippen LogP contribution in [0.3, 0.4) is 0 Å². The Bertz CT molecular complexity index is 1100. The van der Waals surface area contributed by atoms with Gasteiger partial charge in [-0.1, -0.05) is 30.7 Å². The van der Waals surface area contributed by atoms with Crippen molar-refractivity contribution in [1.29, 1.82) is 0 Å². The number of hydrogen-bond donors (Lipinski definition) is 1. The van der Waals surface area contributed by atoms with Gasteiger partial charge in [-0.25, -0.2) is 18.6 Å². The fourth-order valence-electron chi connectivity index (χ4n) is 3.81. The Balaban J connectivity index is 1.93. The zero-order chi connectivity index (χ0) is 28.8. The average Bonchev–Trinajstić information content (AvgIpc) is 2.92. The van der Waals surface area contributed by atoms with Crippen LogP contribution < -0.4 is 0 Å². The summed E-state index contributed by atoms with van der Waals surface area (Å²) >= 11 is 0. The molecule has 0 saturated carbocycles. The topological polar surface area (TPSA) is 125 Å². The summed E-state index contributed by atoms with van der Waals surface area (Å²) in [7, 11) is -1.24. The maximum atomic E-state index is 12.8. The molecule has 9 nitrogen and oxygen atoms in total. The van der Waals surface area contributed by atoms with Crippen LogP contribution in [0.25, 0.3) is 0 Å². The molecule has 0 aliphatic carbocycles. The van der Waals surface area contributed by atoms with Crippen molar-refractivity contribution in [2.75, 3.05) is 26.4 Å². The van der Waals surface area contributed by atoms with Crippen molar-refractivity contribution in [3.63, 3.8) is 0 Å². The molecule has 0 fully saturated rings. The summed E-state index contributed by atoms with van der Waals surface area (Å²) in [6.45, 7) is 6.21. The van der Waals surface area contributed by atoms with Gasteiger partial charge in [0.1, 0.15) is 0 Å². The van der Waals surface area contributed by atoms with Crippen LogP contribution in [0.5, 0.6) is 0 Å². The molecule has 0 bridgehead atoms. The summed E-state index contributed by atoms with van der Waals surface area (Å²) in [5.74, 6) is -3.74. The number of carbonyl (C=O) groups is 3. The highest BCUT2D eigenvalue weighted by Gasteiger charge is 2.58. The molecule has 10 heteroatoms. The van der Waals surface area contributed by atoms with Crippen LogP contribution in [-0.4, -0.2) is 65.4 Å². The van der Waals surface area contributed by atoms with Crippen LogP contribution in [0.2, 0.25) is 0 Å². The molecule has 0 aliphatic heterocycles. The lowest BCUT2D eigenvalue weighted by Crippen LogP contribution is -2.61. The summed E-state index contributed by atoms with van der Waals surface area (Å²) in [5, 5.41) is 11.0. The smallest absolute Gasteiger partial charge is 0.353 e. The van der Waals surface area contributed by atoms with Gasteiger partial charge < -0.3 is 24.1 Å². The highest BCUT2D eigenvalue weighted by atomic mass is 32.2. The Morgan fingerprint density at radius 1 is 0.846 bits per heavy atom. The maximum absolute atomic E-state index is 12.8. The molecule has 0 saturated heterocycles. The van der Waals surface area contributed by atoms with Crippen molar-refractivity contribution in [3.05, 3.63) is 59.7 Å². The van der Waals surface area contributed by atoms with Crippen LogP contribution in [0, 0.1) is 6.92 Å². The predicted octanol–water partition coefficient (Wildman–Crippen LogP) is 3.68. The van der Waals surface area contributed by atoms with Gasteiger partial charge in [0.25, 0.3) is 5.60 Å². The number of esters is 3. The molecule has 0 radical (unpaired) electrons. The van der Waals surface area contributed by atoms with E-state index in [1.807, 2.05) is 55.5 Å². The van der Waals surface area contributed by atoms with Gasteiger partial charge in [0.15, 0.2) is 0 Å². The molecule has 2 unspecified atom stereocenters. The van der Waals surface area contributed by atoms with Crippen molar-refractivity contribution in [1.82, 2.24) is 0 Å². The predicted molar refractivity (Wildman–Crippen MR) is 144 cm³/mol. The molecule has 0 aliphatic rings. The number of aryl methyl sites for hydroxylation is 2. The first-order chi connectivity index (χ1) is 18.7. The first-order valence-electron chi connectivity index (χ1n) is 13.1. The van der Waals surface area contributed by atoms with Crippen LogP contribution in [0.15, 0.2) is 58.3 Å². The maximum Gasteiger partial charge on any atom is 0.353 e. The first-order valence-corrected chi connectivity index (χ1v) is 14.3. The lowest BCUT2D eigenvalue weighted by molar-refractivity contribution is -0.208. The summed E-state index contributed by atoms with van der Waals surface area (Å²) in [6, 6.07) is 15.3. The molecule has 0 aromatic heterocycles. The summed E-state index contributed by atoms with van der Waals surface area (Å²) in [5.41, 5.74) is -0.843. The molecule has 0 amide bonds. The molecule has 214 valence electrons. The van der Waals surface area contributed by atoms with Gasteiger partial charge in [-0.15, -0.1) is 0 Å². The molecule has 2 atom stereocenters. The zero-order valence-corrected chi connectivity index (χ0v) is 23.8. The third kappa shape index (κ3) is 8.98. The summed E-state index contributed by atoms with van der Waals surface area (Å²) in [4.78, 5) is 39.1. The van der Waals surface area contributed by atoms with E-state index in [0.717, 1.165) is 33.8 Å². The van der Waals surface area contributed by atoms with Crippen molar-refractivity contribution >= 4 is 28.7 Å². The minimum atomic E-state index is -2.99. The lowest BCUT2D eigenvalue weighted by atomic mass is 9.96. The van der Waals surface area contributed by atoms with E-state index in [1.54, 1.807) is 6.92 Å². The van der Waals surface area contributed by atoms with E-state index >= 15 is 0 Å². The molecule has 0 heterocycles. The number of aliphatic hydroxyl groups is 1. The normalized spacial score (nSPS) is 12.8. The molecule has 2 rings (SSSR count). The largest absolute Gasteiger partial charge is 0.464 e. The van der Waals surface area contributed by atoms with Gasteiger partial charge in [-0.3, -0.25) is 0 Å². The van der Waals surface area contributed by atoms with Crippen LogP contribution in [0.1, 0.15) is 51.2 Å². The van der Waals surface area contributed by atoms with Crippen LogP contribution >= 0.6 is 0 Å². The Labute approximate surface area is 232 Å². The summed E-state index contributed by atoms with van der Waals surface area (Å²) in [6.07, 6.45) is 0.844. The van der Waals surface area contributed by atoms with E-state index < -0.39 is 40.4 Å². The lowest BCUT2D eigenvalue weighted by Gasteiger charge is -2.30. The highest BCUT2D eigenvalue weighted by molar-refractivity contribution is 7.85. The number of carbonyl (C=O) groups excluding carboxylic acids is 3. The molecule has 2 aromatic carbocycles. The quantitative estimate of drug-likeness (QED) is 0.141. The monoisotopic (exact) mass is 562 g/mol. The zero-order valence-electron chi connectivity index (χ0n) is 23.0. The van der Waals surface area contributed by atoms with E-state index in [0.29, 0.717) is 12.8 Å². The van der Waals surface area contributed by atoms with Gasteiger partial charge in [-0.2, -0.15) is 0 Å². The second kappa shape index (κ2) is 16.1. The van der Waals surface area contributed by atoms with Crippen LogP contribution in [0.4, 0.5) is 0 Å². The van der Waals surface area contributed by atoms with Crippen molar-refractivity contribution in [3.8, 4) is 0 Å². The number of ether oxygens (including phenoxy) is 4. The fourth-order valence-corrected chi connectivity index (χ4v) is 4.96. The van der Waals surface area contributed by atoms with Gasteiger partial charge in [0.05, 0.1) is 30.6 Å². The van der Waals surface area contributed by atoms with E-state index in [1.165, 1.54) is 13.8 Å². The third-order valence-electron chi connectivity index (χ3n) is 5.79. The van der Waals surface area contributed by atoms with Gasteiger partial charge >= 0.3 is 17.9 Å². The van der Waals surface area contributed by atoms with Crippen molar-refractivity contribution in [2.45, 2.75) is 74.9 Å². The minimum absolute atomic E-state index is 0.0149. The first kappa shape index (κ1) is 32.1. The highest BCUT2D eigenvalue weighted by Crippen LogP contribution is 2.22. The number of rotatable bonds is 16. The number of hydrogen-bond acceptors (Lipinski definition) is 9. The fraction of sp³-hybridized carbons (Fsp3) is 0.483. The Morgan fingerprint density at radius 2 is 1.46 bits per heavy atom. The standard InChI is InChI=1S/C29H38O9S/c1-5-35-26(30)25(29(33,27(31)36-6-2)28(32)37-7-3)38-19-10-8-9-13-22-15-17-23(18-16-22)39(34)24-14-11-12-21(4)20-24/h11-12,14-18,20,25,33H,5-10,13,19H2,1-4H3. The minimum Gasteiger partial charge on any atom is -0.464 e. The Morgan fingerprint density at radius 3 is 2.03 bits per heavy atom. The van der Waals surface area contributed by atoms with Crippen LogP contribution in [-0.2, 0) is 50.6 Å². The molecule has 0 spiro atoms. The third-order valence-corrected chi connectivity index (χ3v) is 7.17. The van der Waals surface area contributed by atoms with E-state index in [4.69, 9.17) is 18.9 Å². The van der Waals surface area contributed by atoms with Crippen molar-refractivity contribution < 1.29 is 42.6 Å². The molecule has 2 aromatic rings. The SMILES string of the molecule is CCOC(=O)C(OCCCCCc1ccc(S(=O)c2cccc(C)c2)cc1)C(O)(C(=O)OCC)C(=O)OCC.